The minimum absolute atomic E-state index is 0.00805. The first kappa shape index (κ1) is 13.9. The van der Waals surface area contributed by atoms with Gasteiger partial charge >= 0.3 is 0 Å². The van der Waals surface area contributed by atoms with Crippen LogP contribution in [0.1, 0.15) is 17.5 Å². The predicted molar refractivity (Wildman–Crippen MR) is 77.9 cm³/mol. The first-order valence-corrected chi connectivity index (χ1v) is 6.42. The van der Waals surface area contributed by atoms with Crippen molar-refractivity contribution in [2.75, 3.05) is 5.32 Å². The number of benzene rings is 2. The van der Waals surface area contributed by atoms with Gasteiger partial charge in [-0.05, 0) is 36.6 Å². The van der Waals surface area contributed by atoms with E-state index in [1.165, 1.54) is 12.1 Å². The largest absolute Gasteiger partial charge is 0.508 e. The average Bonchev–Trinajstić information content (AvgIpc) is 2.40. The summed E-state index contributed by atoms with van der Waals surface area (Å²) >= 11 is 0. The quantitative estimate of drug-likeness (QED) is 0.800. The maximum Gasteiger partial charge on any atom is 0.224 e. The summed E-state index contributed by atoms with van der Waals surface area (Å²) in [5, 5.41) is 21.7. The van der Waals surface area contributed by atoms with E-state index in [1.54, 1.807) is 6.07 Å². The topological polar surface area (TPSA) is 69.6 Å². The SMILES string of the molecule is Cc1ccccc1NC(=O)CCc1ccc(O)cc1O. The molecular formula is C16H17NO3. The zero-order valence-corrected chi connectivity index (χ0v) is 11.3. The number of nitrogens with one attached hydrogen (secondary N) is 1. The zero-order chi connectivity index (χ0) is 14.5. The number of phenols is 2. The Bertz CT molecular complexity index is 623. The third kappa shape index (κ3) is 3.51. The van der Waals surface area contributed by atoms with Crippen LogP contribution in [0, 0.1) is 6.92 Å². The highest BCUT2D eigenvalue weighted by atomic mass is 16.3. The van der Waals surface area contributed by atoms with Crippen molar-refractivity contribution in [1.82, 2.24) is 0 Å². The lowest BCUT2D eigenvalue weighted by Gasteiger charge is -2.08. The molecular weight excluding hydrogens is 254 g/mol. The van der Waals surface area contributed by atoms with Crippen LogP contribution in [0.3, 0.4) is 0 Å². The standard InChI is InChI=1S/C16H17NO3/c1-11-4-2-3-5-14(11)17-16(20)9-7-12-6-8-13(18)10-15(12)19/h2-6,8,10,18-19H,7,9H2,1H3,(H,17,20). The van der Waals surface area contributed by atoms with Gasteiger partial charge in [-0.1, -0.05) is 24.3 Å². The summed E-state index contributed by atoms with van der Waals surface area (Å²) in [7, 11) is 0. The molecule has 0 aliphatic carbocycles. The fourth-order valence-electron chi connectivity index (χ4n) is 1.94. The Morgan fingerprint density at radius 1 is 1.15 bits per heavy atom. The molecule has 0 unspecified atom stereocenters. The first-order valence-electron chi connectivity index (χ1n) is 6.42. The number of carbonyl (C=O) groups excluding carboxylic acids is 1. The van der Waals surface area contributed by atoms with Gasteiger partial charge in [-0.15, -0.1) is 0 Å². The Balaban J connectivity index is 1.94. The summed E-state index contributed by atoms with van der Waals surface area (Å²) in [5.74, 6) is -0.0870. The second-order valence-electron chi connectivity index (χ2n) is 4.68. The van der Waals surface area contributed by atoms with E-state index in [4.69, 9.17) is 0 Å². The van der Waals surface area contributed by atoms with Crippen molar-refractivity contribution in [3.63, 3.8) is 0 Å². The third-order valence-corrected chi connectivity index (χ3v) is 3.11. The Morgan fingerprint density at radius 2 is 1.90 bits per heavy atom. The van der Waals surface area contributed by atoms with Crippen LogP contribution in [0.4, 0.5) is 5.69 Å². The van der Waals surface area contributed by atoms with Crippen LogP contribution >= 0.6 is 0 Å². The zero-order valence-electron chi connectivity index (χ0n) is 11.3. The van der Waals surface area contributed by atoms with Gasteiger partial charge in [-0.2, -0.15) is 0 Å². The van der Waals surface area contributed by atoms with Gasteiger partial charge in [0.05, 0.1) is 0 Å². The van der Waals surface area contributed by atoms with Crippen molar-refractivity contribution in [3.8, 4) is 11.5 Å². The molecule has 1 amide bonds. The molecule has 0 atom stereocenters. The molecule has 0 bridgehead atoms. The average molecular weight is 271 g/mol. The molecule has 0 spiro atoms. The molecule has 2 rings (SSSR count). The van der Waals surface area contributed by atoms with Gasteiger partial charge in [-0.3, -0.25) is 4.79 Å². The van der Waals surface area contributed by atoms with Crippen LogP contribution in [0.5, 0.6) is 11.5 Å². The molecule has 2 aromatic rings. The maximum atomic E-state index is 11.9. The molecule has 0 aliphatic heterocycles. The van der Waals surface area contributed by atoms with E-state index >= 15 is 0 Å². The molecule has 0 aliphatic rings. The predicted octanol–water partition coefficient (Wildman–Crippen LogP) is 2.98. The van der Waals surface area contributed by atoms with Crippen molar-refractivity contribution in [2.24, 2.45) is 0 Å². The molecule has 4 nitrogen and oxygen atoms in total. The highest BCUT2D eigenvalue weighted by Crippen LogP contribution is 2.23. The van der Waals surface area contributed by atoms with Gasteiger partial charge in [-0.25, -0.2) is 0 Å². The van der Waals surface area contributed by atoms with E-state index in [1.807, 2.05) is 31.2 Å². The summed E-state index contributed by atoms with van der Waals surface area (Å²) in [4.78, 5) is 11.9. The molecule has 0 aromatic heterocycles. The number of amides is 1. The van der Waals surface area contributed by atoms with E-state index in [0.717, 1.165) is 11.3 Å². The second-order valence-corrected chi connectivity index (χ2v) is 4.68. The molecule has 0 saturated heterocycles. The van der Waals surface area contributed by atoms with E-state index < -0.39 is 0 Å². The monoisotopic (exact) mass is 271 g/mol. The maximum absolute atomic E-state index is 11.9. The number of aromatic hydroxyl groups is 2. The van der Waals surface area contributed by atoms with Crippen molar-refractivity contribution in [2.45, 2.75) is 19.8 Å². The van der Waals surface area contributed by atoms with Crippen LogP contribution < -0.4 is 5.32 Å². The number of aryl methyl sites for hydroxylation is 2. The fourth-order valence-corrected chi connectivity index (χ4v) is 1.94. The van der Waals surface area contributed by atoms with Crippen molar-refractivity contribution >= 4 is 11.6 Å². The molecule has 4 heteroatoms. The number of phenolic OH excluding ortho intramolecular Hbond substituents is 2. The lowest BCUT2D eigenvalue weighted by Crippen LogP contribution is -2.13. The van der Waals surface area contributed by atoms with Crippen molar-refractivity contribution in [3.05, 3.63) is 53.6 Å². The number of para-hydroxylation sites is 1. The van der Waals surface area contributed by atoms with Gasteiger partial charge in [0.2, 0.25) is 5.91 Å². The van der Waals surface area contributed by atoms with E-state index in [0.29, 0.717) is 12.0 Å². The van der Waals surface area contributed by atoms with Crippen LogP contribution in [-0.2, 0) is 11.2 Å². The molecule has 0 saturated carbocycles. The first-order chi connectivity index (χ1) is 9.56. The van der Waals surface area contributed by atoms with Gasteiger partial charge in [0, 0.05) is 18.2 Å². The number of hydrogen-bond donors (Lipinski definition) is 3. The second kappa shape index (κ2) is 6.10. The van der Waals surface area contributed by atoms with Crippen molar-refractivity contribution in [1.29, 1.82) is 0 Å². The minimum Gasteiger partial charge on any atom is -0.508 e. The summed E-state index contributed by atoms with van der Waals surface area (Å²) < 4.78 is 0. The van der Waals surface area contributed by atoms with Gasteiger partial charge in [0.25, 0.3) is 0 Å². The number of rotatable bonds is 4. The summed E-state index contributed by atoms with van der Waals surface area (Å²) in [6.07, 6.45) is 0.691. The Labute approximate surface area is 117 Å². The lowest BCUT2D eigenvalue weighted by atomic mass is 10.1. The van der Waals surface area contributed by atoms with Crippen LogP contribution in [0.2, 0.25) is 0 Å². The Hall–Kier alpha value is -2.49. The Morgan fingerprint density at radius 3 is 2.60 bits per heavy atom. The lowest BCUT2D eigenvalue weighted by molar-refractivity contribution is -0.116. The minimum atomic E-state index is -0.105. The van der Waals surface area contributed by atoms with Gasteiger partial charge in [0.15, 0.2) is 0 Å². The molecule has 0 heterocycles. The van der Waals surface area contributed by atoms with Crippen molar-refractivity contribution < 1.29 is 15.0 Å². The normalized spacial score (nSPS) is 10.2. The van der Waals surface area contributed by atoms with Gasteiger partial charge < -0.3 is 15.5 Å². The highest BCUT2D eigenvalue weighted by Gasteiger charge is 2.07. The summed E-state index contributed by atoms with van der Waals surface area (Å²) in [6.45, 7) is 1.93. The number of anilines is 1. The van der Waals surface area contributed by atoms with Crippen LogP contribution in [-0.4, -0.2) is 16.1 Å². The molecule has 20 heavy (non-hydrogen) atoms. The molecule has 104 valence electrons. The molecule has 0 fully saturated rings. The van der Waals surface area contributed by atoms with Gasteiger partial charge in [0.1, 0.15) is 11.5 Å². The summed E-state index contributed by atoms with van der Waals surface area (Å²) in [5.41, 5.74) is 2.45. The molecule has 0 radical (unpaired) electrons. The van der Waals surface area contributed by atoms with Crippen LogP contribution in [0.25, 0.3) is 0 Å². The van der Waals surface area contributed by atoms with E-state index in [9.17, 15) is 15.0 Å². The summed E-state index contributed by atoms with van der Waals surface area (Å²) in [6, 6.07) is 12.0. The van der Waals surface area contributed by atoms with Crippen LogP contribution in [0.15, 0.2) is 42.5 Å². The molecule has 2 aromatic carbocycles. The van der Waals surface area contributed by atoms with E-state index in [2.05, 4.69) is 5.32 Å². The number of carbonyl (C=O) groups is 1. The highest BCUT2D eigenvalue weighted by molar-refractivity contribution is 5.91. The number of hydrogen-bond acceptors (Lipinski definition) is 3. The molecule has 3 N–H and O–H groups in total. The third-order valence-electron chi connectivity index (χ3n) is 3.11. The smallest absolute Gasteiger partial charge is 0.224 e. The fraction of sp³-hybridized carbons (Fsp3) is 0.188. The Kier molecular flexibility index (Phi) is 4.25. The van der Waals surface area contributed by atoms with E-state index in [-0.39, 0.29) is 23.8 Å².